The van der Waals surface area contributed by atoms with Crippen LogP contribution in [0, 0.1) is 13.8 Å². The Morgan fingerprint density at radius 1 is 0.837 bits per heavy atom. The lowest BCUT2D eigenvalue weighted by Gasteiger charge is -2.23. The Kier molecular flexibility index (Phi) is 9.97. The maximum Gasteiger partial charge on any atom is 0.355 e. The second-order valence-electron chi connectivity index (χ2n) is 13.0. The number of rotatable bonds is 10. The molecule has 0 spiro atoms. The smallest absolute Gasteiger partial charge is 0.355 e. The van der Waals surface area contributed by atoms with E-state index >= 15 is 0 Å². The minimum absolute atomic E-state index is 0.118. The Bertz CT molecular complexity index is 2130. The van der Waals surface area contributed by atoms with E-state index in [-0.39, 0.29) is 6.42 Å². The summed E-state index contributed by atoms with van der Waals surface area (Å²) >= 11 is 5.78. The van der Waals surface area contributed by atoms with Crippen molar-refractivity contribution in [1.82, 2.24) is 0 Å². The van der Waals surface area contributed by atoms with Gasteiger partial charge in [-0.05, 0) is 111 Å². The van der Waals surface area contributed by atoms with Gasteiger partial charge in [-0.3, -0.25) is 4.79 Å². The van der Waals surface area contributed by atoms with E-state index in [2.05, 4.69) is 66.2 Å². The van der Waals surface area contributed by atoms with E-state index in [1.165, 1.54) is 36.9 Å². The van der Waals surface area contributed by atoms with Crippen molar-refractivity contribution in [3.63, 3.8) is 0 Å². The molecule has 1 aliphatic rings. The van der Waals surface area contributed by atoms with E-state index in [0.717, 1.165) is 52.4 Å². The zero-order valence-corrected chi connectivity index (χ0v) is 30.2. The molecular weight excluding hydrogens is 692 g/mol. The van der Waals surface area contributed by atoms with Crippen molar-refractivity contribution in [3.05, 3.63) is 135 Å². The van der Waals surface area contributed by atoms with Crippen molar-refractivity contribution in [2.24, 2.45) is 0 Å². The molecule has 1 atom stereocenters. The molecule has 1 saturated carbocycles. The third kappa shape index (κ3) is 7.08. The first-order valence-electron chi connectivity index (χ1n) is 17.1. The highest BCUT2D eigenvalue weighted by Gasteiger charge is 2.29. The SMILES string of the molecule is Cc1sc2c(Br)c3ccccc3c(-c3ccc(OC(Cc4ccccc4)C(=O)OC(=O)CCc4ccccc4)c(C4CCCC4)c3)c2c1C. The molecule has 248 valence electrons. The molecule has 4 nitrogen and oxygen atoms in total. The summed E-state index contributed by atoms with van der Waals surface area (Å²) in [6.45, 7) is 4.41. The van der Waals surface area contributed by atoms with Crippen LogP contribution in [0.2, 0.25) is 0 Å². The van der Waals surface area contributed by atoms with E-state index in [9.17, 15) is 9.59 Å². The van der Waals surface area contributed by atoms with Crippen LogP contribution in [0.1, 0.15) is 65.2 Å². The molecule has 6 aromatic rings. The molecule has 0 saturated heterocycles. The van der Waals surface area contributed by atoms with Crippen molar-refractivity contribution in [2.45, 2.75) is 70.8 Å². The summed E-state index contributed by atoms with van der Waals surface area (Å²) in [6.07, 6.45) is 4.40. The Balaban J connectivity index is 1.26. The number of carbonyl (C=O) groups is 2. The summed E-state index contributed by atoms with van der Waals surface area (Å²) < 4.78 is 14.5. The molecule has 0 radical (unpaired) electrons. The number of esters is 2. The molecule has 5 aromatic carbocycles. The first-order valence-corrected chi connectivity index (χ1v) is 18.7. The molecule has 0 bridgehead atoms. The number of thiophene rings is 1. The van der Waals surface area contributed by atoms with Gasteiger partial charge in [0.05, 0.1) is 11.1 Å². The fourth-order valence-corrected chi connectivity index (χ4v) is 9.08. The normalized spacial score (nSPS) is 13.9. The summed E-state index contributed by atoms with van der Waals surface area (Å²) in [5.74, 6) is -0.206. The van der Waals surface area contributed by atoms with E-state index in [0.29, 0.717) is 24.5 Å². The van der Waals surface area contributed by atoms with Gasteiger partial charge in [-0.1, -0.05) is 104 Å². The highest BCUT2D eigenvalue weighted by molar-refractivity contribution is 9.11. The van der Waals surface area contributed by atoms with Gasteiger partial charge >= 0.3 is 11.9 Å². The minimum atomic E-state index is -0.976. The lowest BCUT2D eigenvalue weighted by atomic mass is 9.89. The predicted octanol–water partition coefficient (Wildman–Crippen LogP) is 11.5. The van der Waals surface area contributed by atoms with Crippen LogP contribution >= 0.6 is 27.3 Å². The molecule has 1 fully saturated rings. The number of ether oxygens (including phenoxy) is 2. The summed E-state index contributed by atoms with van der Waals surface area (Å²) in [5, 5.41) is 3.67. The largest absolute Gasteiger partial charge is 0.478 e. The molecular formula is C43H39BrO4S. The van der Waals surface area contributed by atoms with Crippen molar-refractivity contribution in [2.75, 3.05) is 0 Å². The number of carbonyl (C=O) groups excluding carboxylic acids is 2. The quantitative estimate of drug-likeness (QED) is 0.104. The minimum Gasteiger partial charge on any atom is -0.478 e. The first-order chi connectivity index (χ1) is 23.9. The Morgan fingerprint density at radius 3 is 2.20 bits per heavy atom. The van der Waals surface area contributed by atoms with Gasteiger partial charge < -0.3 is 9.47 Å². The van der Waals surface area contributed by atoms with Crippen molar-refractivity contribution in [1.29, 1.82) is 0 Å². The highest BCUT2D eigenvalue weighted by Crippen LogP contribution is 2.49. The standard InChI is InChI=1S/C43H39BrO4S/c1-27-28(2)49-42-39(27)40(33-19-11-12-20-34(33)41(42)44)32-22-23-36(35(26-32)31-17-9-10-18-31)47-37(25-30-15-7-4-8-16-30)43(46)48-38(45)24-21-29-13-5-3-6-14-29/h3-8,11-16,19-20,22-23,26,31,37H,9-10,17-18,21,24-25H2,1-2H3. The molecule has 1 aromatic heterocycles. The van der Waals surface area contributed by atoms with Crippen LogP contribution in [0.3, 0.4) is 0 Å². The molecule has 1 heterocycles. The summed E-state index contributed by atoms with van der Waals surface area (Å²) in [5.41, 5.74) is 6.74. The topological polar surface area (TPSA) is 52.6 Å². The molecule has 0 amide bonds. The maximum atomic E-state index is 13.7. The first kappa shape index (κ1) is 33.2. The van der Waals surface area contributed by atoms with Crippen LogP contribution in [-0.4, -0.2) is 18.0 Å². The average Bonchev–Trinajstić information content (AvgIpc) is 3.77. The highest BCUT2D eigenvalue weighted by atomic mass is 79.9. The molecule has 0 aliphatic heterocycles. The number of halogens is 1. The summed E-state index contributed by atoms with van der Waals surface area (Å²) in [6, 6.07) is 34.6. The van der Waals surface area contributed by atoms with Crippen LogP contribution < -0.4 is 4.74 Å². The van der Waals surface area contributed by atoms with E-state index in [1.807, 2.05) is 78.1 Å². The van der Waals surface area contributed by atoms with Crippen LogP contribution in [0.15, 0.2) is 108 Å². The predicted molar refractivity (Wildman–Crippen MR) is 204 cm³/mol. The van der Waals surface area contributed by atoms with Gasteiger partial charge in [-0.15, -0.1) is 11.3 Å². The molecule has 1 unspecified atom stereocenters. The zero-order chi connectivity index (χ0) is 33.9. The molecule has 0 N–H and O–H groups in total. The Morgan fingerprint density at radius 2 is 1.49 bits per heavy atom. The lowest BCUT2D eigenvalue weighted by Crippen LogP contribution is -2.33. The van der Waals surface area contributed by atoms with Gasteiger partial charge in [0.15, 0.2) is 6.10 Å². The maximum absolute atomic E-state index is 13.7. The van der Waals surface area contributed by atoms with Crippen LogP contribution in [0.25, 0.3) is 32.0 Å². The van der Waals surface area contributed by atoms with Gasteiger partial charge in [-0.25, -0.2) is 4.79 Å². The van der Waals surface area contributed by atoms with Crippen molar-refractivity contribution >= 4 is 60.1 Å². The number of fused-ring (bicyclic) bond motifs is 2. The number of hydrogen-bond donors (Lipinski definition) is 0. The summed E-state index contributed by atoms with van der Waals surface area (Å²) in [7, 11) is 0. The molecule has 6 heteroatoms. The number of benzene rings is 5. The third-order valence-electron chi connectivity index (χ3n) is 9.83. The van der Waals surface area contributed by atoms with Gasteiger partial charge in [-0.2, -0.15) is 0 Å². The van der Waals surface area contributed by atoms with Crippen LogP contribution in [0.5, 0.6) is 5.75 Å². The van der Waals surface area contributed by atoms with Gasteiger partial charge in [0, 0.05) is 21.2 Å². The Labute approximate surface area is 300 Å². The van der Waals surface area contributed by atoms with Crippen molar-refractivity contribution in [3.8, 4) is 16.9 Å². The second kappa shape index (κ2) is 14.7. The molecule has 7 rings (SSSR count). The fourth-order valence-electron chi connectivity index (χ4n) is 7.17. The van der Waals surface area contributed by atoms with E-state index < -0.39 is 18.0 Å². The van der Waals surface area contributed by atoms with Crippen LogP contribution in [-0.2, 0) is 27.2 Å². The monoisotopic (exact) mass is 730 g/mol. The second-order valence-corrected chi connectivity index (χ2v) is 15.0. The number of hydrogen-bond acceptors (Lipinski definition) is 5. The molecule has 49 heavy (non-hydrogen) atoms. The van der Waals surface area contributed by atoms with E-state index in [4.69, 9.17) is 9.47 Å². The Hall–Kier alpha value is -4.26. The third-order valence-corrected chi connectivity index (χ3v) is 12.1. The van der Waals surface area contributed by atoms with Gasteiger partial charge in [0.2, 0.25) is 0 Å². The lowest BCUT2D eigenvalue weighted by molar-refractivity contribution is -0.164. The van der Waals surface area contributed by atoms with Gasteiger partial charge in [0.1, 0.15) is 5.75 Å². The van der Waals surface area contributed by atoms with Crippen molar-refractivity contribution < 1.29 is 19.1 Å². The molecule has 1 aliphatic carbocycles. The average molecular weight is 732 g/mol. The van der Waals surface area contributed by atoms with Crippen LogP contribution in [0.4, 0.5) is 0 Å². The fraction of sp³-hybridized carbons (Fsp3) is 0.256. The summed E-state index contributed by atoms with van der Waals surface area (Å²) in [4.78, 5) is 27.9. The van der Waals surface area contributed by atoms with E-state index in [1.54, 1.807) is 0 Å². The van der Waals surface area contributed by atoms with Gasteiger partial charge in [0.25, 0.3) is 0 Å². The number of aryl methyl sites for hydroxylation is 3. The zero-order valence-electron chi connectivity index (χ0n) is 27.8.